The average Bonchev–Trinajstić information content (AvgIpc) is 2.89. The Morgan fingerprint density at radius 3 is 2.59 bits per heavy atom. The molecule has 0 aromatic heterocycles. The SMILES string of the molecule is c1ccc2c(CNC3CCCC3)cccc2c1. The Kier molecular flexibility index (Phi) is 3.10. The lowest BCUT2D eigenvalue weighted by Gasteiger charge is -2.13. The highest BCUT2D eigenvalue weighted by Gasteiger charge is 2.14. The zero-order chi connectivity index (χ0) is 11.5. The third kappa shape index (κ3) is 2.34. The van der Waals surface area contributed by atoms with Crippen molar-refractivity contribution in [2.45, 2.75) is 38.3 Å². The van der Waals surface area contributed by atoms with Crippen LogP contribution in [0.2, 0.25) is 0 Å². The van der Waals surface area contributed by atoms with Gasteiger partial charge < -0.3 is 5.32 Å². The van der Waals surface area contributed by atoms with Crippen molar-refractivity contribution in [3.63, 3.8) is 0 Å². The lowest BCUT2D eigenvalue weighted by Crippen LogP contribution is -2.25. The maximum absolute atomic E-state index is 3.69. The van der Waals surface area contributed by atoms with Crippen LogP contribution in [0, 0.1) is 0 Å². The van der Waals surface area contributed by atoms with Crippen LogP contribution in [0.4, 0.5) is 0 Å². The number of hydrogen-bond donors (Lipinski definition) is 1. The average molecular weight is 225 g/mol. The predicted octanol–water partition coefficient (Wildman–Crippen LogP) is 3.87. The zero-order valence-electron chi connectivity index (χ0n) is 10.2. The summed E-state index contributed by atoms with van der Waals surface area (Å²) in [7, 11) is 0. The summed E-state index contributed by atoms with van der Waals surface area (Å²) in [6.07, 6.45) is 5.50. The van der Waals surface area contributed by atoms with E-state index in [0.717, 1.165) is 12.6 Å². The molecule has 1 N–H and O–H groups in total. The first-order chi connectivity index (χ1) is 8.43. The topological polar surface area (TPSA) is 12.0 Å². The molecule has 0 unspecified atom stereocenters. The summed E-state index contributed by atoms with van der Waals surface area (Å²) in [5, 5.41) is 6.42. The smallest absolute Gasteiger partial charge is 0.0214 e. The van der Waals surface area contributed by atoms with Gasteiger partial charge in [-0.2, -0.15) is 0 Å². The standard InChI is InChI=1S/C16H19N/c1-4-11-16-13(6-1)7-5-8-14(16)12-17-15-9-2-3-10-15/h1,4-8,11,15,17H,2-3,9-10,12H2. The highest BCUT2D eigenvalue weighted by Crippen LogP contribution is 2.21. The molecule has 0 heterocycles. The molecule has 0 atom stereocenters. The van der Waals surface area contributed by atoms with E-state index in [9.17, 15) is 0 Å². The molecule has 0 saturated heterocycles. The lowest BCUT2D eigenvalue weighted by atomic mass is 10.0. The Balaban J connectivity index is 1.79. The quantitative estimate of drug-likeness (QED) is 0.836. The maximum Gasteiger partial charge on any atom is 0.0214 e. The van der Waals surface area contributed by atoms with E-state index in [2.05, 4.69) is 47.8 Å². The molecule has 1 aliphatic carbocycles. The molecular weight excluding hydrogens is 206 g/mol. The van der Waals surface area contributed by atoms with E-state index in [4.69, 9.17) is 0 Å². The Morgan fingerprint density at radius 1 is 0.941 bits per heavy atom. The summed E-state index contributed by atoms with van der Waals surface area (Å²) in [6, 6.07) is 16.0. The molecule has 1 heteroatoms. The van der Waals surface area contributed by atoms with Gasteiger partial charge in [-0.1, -0.05) is 55.3 Å². The predicted molar refractivity (Wildman–Crippen MR) is 73.0 cm³/mol. The Hall–Kier alpha value is -1.34. The number of fused-ring (bicyclic) bond motifs is 1. The summed E-state index contributed by atoms with van der Waals surface area (Å²) < 4.78 is 0. The van der Waals surface area contributed by atoms with Crippen LogP contribution in [0.3, 0.4) is 0 Å². The van der Waals surface area contributed by atoms with Gasteiger partial charge in [-0.3, -0.25) is 0 Å². The number of nitrogens with one attached hydrogen (secondary N) is 1. The van der Waals surface area contributed by atoms with E-state index in [0.29, 0.717) is 0 Å². The molecule has 0 bridgehead atoms. The van der Waals surface area contributed by atoms with Gasteiger partial charge in [-0.15, -0.1) is 0 Å². The third-order valence-electron chi connectivity index (χ3n) is 3.82. The number of hydrogen-bond acceptors (Lipinski definition) is 1. The number of benzene rings is 2. The van der Waals surface area contributed by atoms with Gasteiger partial charge >= 0.3 is 0 Å². The molecule has 0 amide bonds. The molecule has 1 nitrogen and oxygen atoms in total. The summed E-state index contributed by atoms with van der Waals surface area (Å²) in [6.45, 7) is 1.01. The van der Waals surface area contributed by atoms with E-state index >= 15 is 0 Å². The van der Waals surface area contributed by atoms with Crippen molar-refractivity contribution in [1.82, 2.24) is 5.32 Å². The molecule has 88 valence electrons. The van der Waals surface area contributed by atoms with Gasteiger partial charge in [0.1, 0.15) is 0 Å². The van der Waals surface area contributed by atoms with E-state index in [1.54, 1.807) is 0 Å². The van der Waals surface area contributed by atoms with E-state index < -0.39 is 0 Å². The van der Waals surface area contributed by atoms with Crippen LogP contribution >= 0.6 is 0 Å². The van der Waals surface area contributed by atoms with Crippen molar-refractivity contribution in [2.24, 2.45) is 0 Å². The zero-order valence-corrected chi connectivity index (χ0v) is 10.2. The van der Waals surface area contributed by atoms with E-state index in [-0.39, 0.29) is 0 Å². The Labute approximate surface area is 103 Å². The van der Waals surface area contributed by atoms with Crippen molar-refractivity contribution >= 4 is 10.8 Å². The molecule has 0 aliphatic heterocycles. The highest BCUT2D eigenvalue weighted by molar-refractivity contribution is 5.85. The van der Waals surface area contributed by atoms with Crippen LogP contribution in [0.25, 0.3) is 10.8 Å². The molecular formula is C16H19N. The Morgan fingerprint density at radius 2 is 1.71 bits per heavy atom. The molecule has 0 radical (unpaired) electrons. The summed E-state index contributed by atoms with van der Waals surface area (Å²) in [4.78, 5) is 0. The number of rotatable bonds is 3. The molecule has 0 spiro atoms. The second kappa shape index (κ2) is 4.89. The molecule has 1 saturated carbocycles. The molecule has 1 aliphatic rings. The van der Waals surface area contributed by atoms with Crippen molar-refractivity contribution in [3.05, 3.63) is 48.0 Å². The van der Waals surface area contributed by atoms with Crippen LogP contribution in [0.15, 0.2) is 42.5 Å². The lowest BCUT2D eigenvalue weighted by molar-refractivity contribution is 0.525. The van der Waals surface area contributed by atoms with Gasteiger partial charge in [0.15, 0.2) is 0 Å². The minimum atomic E-state index is 0.744. The second-order valence-corrected chi connectivity index (χ2v) is 5.00. The molecule has 2 aromatic carbocycles. The van der Waals surface area contributed by atoms with E-state index in [1.165, 1.54) is 42.0 Å². The van der Waals surface area contributed by atoms with Crippen molar-refractivity contribution in [2.75, 3.05) is 0 Å². The molecule has 3 rings (SSSR count). The second-order valence-electron chi connectivity index (χ2n) is 5.00. The normalized spacial score (nSPS) is 16.7. The van der Waals surface area contributed by atoms with Crippen molar-refractivity contribution in [3.8, 4) is 0 Å². The maximum atomic E-state index is 3.69. The first-order valence-electron chi connectivity index (χ1n) is 6.63. The van der Waals surface area contributed by atoms with Gasteiger partial charge in [0.05, 0.1) is 0 Å². The van der Waals surface area contributed by atoms with Crippen LogP contribution in [-0.2, 0) is 6.54 Å². The van der Waals surface area contributed by atoms with Crippen molar-refractivity contribution in [1.29, 1.82) is 0 Å². The monoisotopic (exact) mass is 225 g/mol. The minimum Gasteiger partial charge on any atom is -0.310 e. The van der Waals surface area contributed by atoms with E-state index in [1.807, 2.05) is 0 Å². The third-order valence-corrected chi connectivity index (χ3v) is 3.82. The van der Waals surface area contributed by atoms with Gasteiger partial charge in [0.25, 0.3) is 0 Å². The fourth-order valence-electron chi connectivity index (χ4n) is 2.83. The fraction of sp³-hybridized carbons (Fsp3) is 0.375. The van der Waals surface area contributed by atoms with Gasteiger partial charge in [0, 0.05) is 12.6 Å². The summed E-state index contributed by atoms with van der Waals surface area (Å²) in [5.74, 6) is 0. The summed E-state index contributed by atoms with van der Waals surface area (Å²) >= 11 is 0. The van der Waals surface area contributed by atoms with Crippen LogP contribution < -0.4 is 5.32 Å². The summed E-state index contributed by atoms with van der Waals surface area (Å²) in [5.41, 5.74) is 1.43. The highest BCUT2D eigenvalue weighted by atomic mass is 14.9. The largest absolute Gasteiger partial charge is 0.310 e. The van der Waals surface area contributed by atoms with Crippen molar-refractivity contribution < 1.29 is 0 Å². The first-order valence-corrected chi connectivity index (χ1v) is 6.63. The van der Waals surface area contributed by atoms with Gasteiger partial charge in [-0.05, 0) is 29.2 Å². The van der Waals surface area contributed by atoms with Gasteiger partial charge in [-0.25, -0.2) is 0 Å². The van der Waals surface area contributed by atoms with Crippen LogP contribution in [0.1, 0.15) is 31.2 Å². The Bertz CT molecular complexity index is 492. The first kappa shape index (κ1) is 10.8. The fourth-order valence-corrected chi connectivity index (χ4v) is 2.83. The van der Waals surface area contributed by atoms with Crippen LogP contribution in [0.5, 0.6) is 0 Å². The van der Waals surface area contributed by atoms with Crippen LogP contribution in [-0.4, -0.2) is 6.04 Å². The van der Waals surface area contributed by atoms with Gasteiger partial charge in [0.2, 0.25) is 0 Å². The minimum absolute atomic E-state index is 0.744. The molecule has 1 fully saturated rings. The molecule has 17 heavy (non-hydrogen) atoms. The molecule has 2 aromatic rings.